The molecule has 3 aliphatic rings. The largest absolute Gasteiger partial charge is 0.480 e. The van der Waals surface area contributed by atoms with E-state index in [0.29, 0.717) is 12.3 Å². The van der Waals surface area contributed by atoms with E-state index in [4.69, 9.17) is 5.11 Å². The first-order chi connectivity index (χ1) is 13.4. The molecule has 0 spiro atoms. The molecule has 1 aromatic carbocycles. The summed E-state index contributed by atoms with van der Waals surface area (Å²) in [5.41, 5.74) is 0.464. The highest BCUT2D eigenvalue weighted by Gasteiger charge is 2.46. The zero-order chi connectivity index (χ0) is 19.7. The molecule has 0 unspecified atom stereocenters. The van der Waals surface area contributed by atoms with Gasteiger partial charge in [-0.1, -0.05) is 18.6 Å². The molecule has 0 radical (unpaired) electrons. The van der Waals surface area contributed by atoms with Crippen molar-refractivity contribution in [1.29, 1.82) is 0 Å². The zero-order valence-electron chi connectivity index (χ0n) is 16.2. The predicted molar refractivity (Wildman–Crippen MR) is 103 cm³/mol. The monoisotopic (exact) mass is 388 g/mol. The van der Waals surface area contributed by atoms with Gasteiger partial charge in [-0.05, 0) is 68.6 Å². The van der Waals surface area contributed by atoms with Gasteiger partial charge in [-0.25, -0.2) is 4.39 Å². The number of carboxylic acid groups (broad SMARTS) is 1. The summed E-state index contributed by atoms with van der Waals surface area (Å²) in [5.74, 6) is -0.309. The van der Waals surface area contributed by atoms with Crippen molar-refractivity contribution in [2.75, 3.05) is 13.1 Å². The maximum absolute atomic E-state index is 13.5. The van der Waals surface area contributed by atoms with Crippen LogP contribution in [0.15, 0.2) is 24.3 Å². The Hall–Kier alpha value is -1.95. The van der Waals surface area contributed by atoms with Gasteiger partial charge in [-0.15, -0.1) is 0 Å². The van der Waals surface area contributed by atoms with Crippen LogP contribution in [0.1, 0.15) is 50.5 Å². The Balaban J connectivity index is 1.30. The molecule has 4 rings (SSSR count). The molecule has 5 nitrogen and oxygen atoms in total. The van der Waals surface area contributed by atoms with Crippen LogP contribution in [0.3, 0.4) is 0 Å². The van der Waals surface area contributed by atoms with Gasteiger partial charge in [0.15, 0.2) is 0 Å². The summed E-state index contributed by atoms with van der Waals surface area (Å²) in [6.07, 6.45) is 7.35. The lowest BCUT2D eigenvalue weighted by Gasteiger charge is -2.46. The lowest BCUT2D eigenvalue weighted by atomic mass is 9.64. The molecule has 2 N–H and O–H groups in total. The number of nitrogens with one attached hydrogen (secondary N) is 1. The topological polar surface area (TPSA) is 69.6 Å². The molecule has 0 heterocycles. The lowest BCUT2D eigenvalue weighted by molar-refractivity contribution is -0.141. The van der Waals surface area contributed by atoms with Crippen LogP contribution in [0, 0.1) is 17.2 Å². The van der Waals surface area contributed by atoms with Gasteiger partial charge in [-0.2, -0.15) is 0 Å². The van der Waals surface area contributed by atoms with Crippen LogP contribution in [0.25, 0.3) is 0 Å². The fourth-order valence-electron chi connectivity index (χ4n) is 4.62. The summed E-state index contributed by atoms with van der Waals surface area (Å²) in [5, 5.41) is 12.4. The molecule has 0 aliphatic heterocycles. The highest BCUT2D eigenvalue weighted by molar-refractivity contribution is 5.84. The summed E-state index contributed by atoms with van der Waals surface area (Å²) in [7, 11) is 0. The zero-order valence-corrected chi connectivity index (χ0v) is 16.2. The average molecular weight is 388 g/mol. The number of hydrogen-bond donors (Lipinski definition) is 2. The third kappa shape index (κ3) is 4.37. The molecule has 1 amide bonds. The molecule has 0 bridgehead atoms. The third-order valence-corrected chi connectivity index (χ3v) is 6.72. The Bertz CT molecular complexity index is 739. The second-order valence-corrected chi connectivity index (χ2v) is 9.00. The SMILES string of the molecule is O=C(O)CN(CC1CC1)C1CC(NC(=O)C2(Cc3cccc(F)c3)CCC2)C1. The summed E-state index contributed by atoms with van der Waals surface area (Å²) < 4.78 is 13.5. The number of carboxylic acids is 1. The Labute approximate surface area is 165 Å². The van der Waals surface area contributed by atoms with E-state index in [2.05, 4.69) is 10.2 Å². The molecule has 3 saturated carbocycles. The van der Waals surface area contributed by atoms with Crippen LogP contribution >= 0.6 is 0 Å². The summed E-state index contributed by atoms with van der Waals surface area (Å²) >= 11 is 0. The molecule has 3 aliphatic carbocycles. The van der Waals surface area contributed by atoms with Crippen LogP contribution in [-0.4, -0.2) is 47.1 Å². The Morgan fingerprint density at radius 3 is 2.57 bits per heavy atom. The number of hydrogen-bond acceptors (Lipinski definition) is 3. The van der Waals surface area contributed by atoms with Crippen LogP contribution < -0.4 is 5.32 Å². The molecule has 0 saturated heterocycles. The van der Waals surface area contributed by atoms with Crippen molar-refractivity contribution in [3.63, 3.8) is 0 Å². The van der Waals surface area contributed by atoms with Gasteiger partial charge in [0, 0.05) is 18.6 Å². The maximum Gasteiger partial charge on any atom is 0.317 e. The minimum Gasteiger partial charge on any atom is -0.480 e. The number of benzene rings is 1. The molecule has 3 fully saturated rings. The smallest absolute Gasteiger partial charge is 0.317 e. The van der Waals surface area contributed by atoms with E-state index in [9.17, 15) is 14.0 Å². The normalized spacial score (nSPS) is 25.6. The number of rotatable bonds is 9. The van der Waals surface area contributed by atoms with Gasteiger partial charge < -0.3 is 10.4 Å². The minimum atomic E-state index is -0.781. The number of aliphatic carboxylic acids is 1. The summed E-state index contributed by atoms with van der Waals surface area (Å²) in [4.78, 5) is 26.2. The van der Waals surface area contributed by atoms with Crippen molar-refractivity contribution in [2.45, 2.75) is 63.5 Å². The number of amides is 1. The Morgan fingerprint density at radius 1 is 1.25 bits per heavy atom. The van der Waals surface area contributed by atoms with E-state index < -0.39 is 11.4 Å². The van der Waals surface area contributed by atoms with E-state index in [-0.39, 0.29) is 30.4 Å². The first-order valence-electron chi connectivity index (χ1n) is 10.4. The van der Waals surface area contributed by atoms with E-state index >= 15 is 0 Å². The van der Waals surface area contributed by atoms with E-state index in [0.717, 1.165) is 44.2 Å². The van der Waals surface area contributed by atoms with Gasteiger partial charge in [-0.3, -0.25) is 14.5 Å². The van der Waals surface area contributed by atoms with Gasteiger partial charge >= 0.3 is 5.97 Å². The minimum absolute atomic E-state index is 0.0819. The Morgan fingerprint density at radius 2 is 2.00 bits per heavy atom. The van der Waals surface area contributed by atoms with Crippen LogP contribution in [0.5, 0.6) is 0 Å². The van der Waals surface area contributed by atoms with Gasteiger partial charge in [0.25, 0.3) is 0 Å². The second kappa shape index (κ2) is 7.82. The van der Waals surface area contributed by atoms with Crippen molar-refractivity contribution in [3.8, 4) is 0 Å². The molecule has 1 aromatic rings. The van der Waals surface area contributed by atoms with Crippen molar-refractivity contribution in [1.82, 2.24) is 10.2 Å². The van der Waals surface area contributed by atoms with E-state index in [1.807, 2.05) is 6.07 Å². The van der Waals surface area contributed by atoms with Gasteiger partial charge in [0.2, 0.25) is 5.91 Å². The number of carbonyl (C=O) groups excluding carboxylic acids is 1. The fraction of sp³-hybridized carbons (Fsp3) is 0.636. The van der Waals surface area contributed by atoms with Crippen LogP contribution in [0.2, 0.25) is 0 Å². The molecule has 28 heavy (non-hydrogen) atoms. The molecule has 6 heteroatoms. The molecular formula is C22H29FN2O3. The predicted octanol–water partition coefficient (Wildman–Crippen LogP) is 2.98. The summed E-state index contributed by atoms with van der Waals surface area (Å²) in [6, 6.07) is 6.91. The van der Waals surface area contributed by atoms with Gasteiger partial charge in [0.1, 0.15) is 5.82 Å². The fourth-order valence-corrected chi connectivity index (χ4v) is 4.62. The number of carbonyl (C=O) groups is 2. The second-order valence-electron chi connectivity index (χ2n) is 9.00. The summed E-state index contributed by atoms with van der Waals surface area (Å²) in [6.45, 7) is 0.951. The van der Waals surface area contributed by atoms with E-state index in [1.54, 1.807) is 6.07 Å². The number of halogens is 1. The van der Waals surface area contributed by atoms with Crippen molar-refractivity contribution in [3.05, 3.63) is 35.6 Å². The lowest BCUT2D eigenvalue weighted by Crippen LogP contribution is -2.58. The Kier molecular flexibility index (Phi) is 5.41. The molecule has 0 atom stereocenters. The molecular weight excluding hydrogens is 359 g/mol. The molecule has 152 valence electrons. The van der Waals surface area contributed by atoms with Crippen LogP contribution in [0.4, 0.5) is 4.39 Å². The molecule has 0 aromatic heterocycles. The van der Waals surface area contributed by atoms with Crippen molar-refractivity contribution < 1.29 is 19.1 Å². The maximum atomic E-state index is 13.5. The number of nitrogens with zero attached hydrogens (tertiary/aromatic N) is 1. The van der Waals surface area contributed by atoms with Gasteiger partial charge in [0.05, 0.1) is 12.0 Å². The third-order valence-electron chi connectivity index (χ3n) is 6.72. The van der Waals surface area contributed by atoms with Crippen molar-refractivity contribution >= 4 is 11.9 Å². The highest BCUT2D eigenvalue weighted by Crippen LogP contribution is 2.44. The standard InChI is InChI=1S/C22H29FN2O3/c23-17-4-1-3-16(9-17)12-22(7-2-8-22)21(28)24-18-10-19(11-18)25(14-20(26)27)13-15-5-6-15/h1,3-4,9,15,18-19H,2,5-8,10-14H2,(H,24,28)(H,26,27). The first-order valence-corrected chi connectivity index (χ1v) is 10.4. The van der Waals surface area contributed by atoms with Crippen molar-refractivity contribution in [2.24, 2.45) is 11.3 Å². The first kappa shape index (κ1) is 19.4. The van der Waals surface area contributed by atoms with E-state index in [1.165, 1.54) is 25.0 Å². The quantitative estimate of drug-likeness (QED) is 0.682. The highest BCUT2D eigenvalue weighted by atomic mass is 19.1. The van der Waals surface area contributed by atoms with Crippen LogP contribution in [-0.2, 0) is 16.0 Å². The average Bonchev–Trinajstić information content (AvgIpc) is 3.37.